The largest absolute Gasteiger partial charge is 0.399 e. The number of piperidine rings is 1. The number of nitrogens with two attached hydrogens (primary N) is 1. The molecule has 1 aliphatic heterocycles. The molecule has 17 heavy (non-hydrogen) atoms. The Bertz CT molecular complexity index is 376. The van der Waals surface area contributed by atoms with Crippen molar-refractivity contribution >= 4 is 11.4 Å². The topological polar surface area (TPSA) is 38.5 Å². The van der Waals surface area contributed by atoms with Gasteiger partial charge in [-0.2, -0.15) is 0 Å². The Morgan fingerprint density at radius 1 is 1.47 bits per heavy atom. The molecule has 0 saturated carbocycles. The number of hydrogen-bond acceptors (Lipinski definition) is 3. The first-order valence-electron chi connectivity index (χ1n) is 6.43. The van der Waals surface area contributed by atoms with E-state index in [2.05, 4.69) is 30.9 Å². The van der Waals surface area contributed by atoms with E-state index in [9.17, 15) is 0 Å². The average Bonchev–Trinajstić information content (AvgIpc) is 2.33. The molecule has 1 atom stereocenters. The molecule has 3 heteroatoms. The maximum absolute atomic E-state index is 5.87. The monoisotopic (exact) mass is 234 g/mol. The van der Waals surface area contributed by atoms with Gasteiger partial charge >= 0.3 is 0 Å². The van der Waals surface area contributed by atoms with Crippen molar-refractivity contribution in [2.75, 3.05) is 30.3 Å². The Kier molecular flexibility index (Phi) is 3.89. The van der Waals surface area contributed by atoms with Crippen LogP contribution in [0.3, 0.4) is 0 Å². The van der Waals surface area contributed by atoms with Gasteiger partial charge in [0.05, 0.1) is 6.10 Å². The van der Waals surface area contributed by atoms with Crippen LogP contribution in [-0.2, 0) is 4.74 Å². The summed E-state index contributed by atoms with van der Waals surface area (Å²) in [5.41, 5.74) is 9.25. The lowest BCUT2D eigenvalue weighted by molar-refractivity contribution is 0.0526. The van der Waals surface area contributed by atoms with E-state index in [0.29, 0.717) is 6.10 Å². The van der Waals surface area contributed by atoms with Crippen molar-refractivity contribution in [3.63, 3.8) is 0 Å². The van der Waals surface area contributed by atoms with Crippen LogP contribution in [0.2, 0.25) is 0 Å². The van der Waals surface area contributed by atoms with Gasteiger partial charge in [-0.3, -0.25) is 0 Å². The Balaban J connectivity index is 2.13. The second kappa shape index (κ2) is 5.41. The molecule has 2 N–H and O–H groups in total. The number of hydrogen-bond donors (Lipinski definition) is 1. The van der Waals surface area contributed by atoms with Gasteiger partial charge in [0.1, 0.15) is 0 Å². The van der Waals surface area contributed by atoms with E-state index in [1.807, 2.05) is 6.07 Å². The SMILES string of the molecule is CCOC1CCCN(c2cc(N)ccc2C)C1. The van der Waals surface area contributed by atoms with Crippen LogP contribution < -0.4 is 10.6 Å². The zero-order chi connectivity index (χ0) is 12.3. The van der Waals surface area contributed by atoms with E-state index >= 15 is 0 Å². The standard InChI is InChI=1S/C14H22N2O/c1-3-17-13-5-4-8-16(10-13)14-9-12(15)7-6-11(14)2/h6-7,9,13H,3-5,8,10,15H2,1-2H3. The highest BCUT2D eigenvalue weighted by Gasteiger charge is 2.21. The minimum atomic E-state index is 0.370. The van der Waals surface area contributed by atoms with Gasteiger partial charge in [-0.25, -0.2) is 0 Å². The van der Waals surface area contributed by atoms with E-state index < -0.39 is 0 Å². The molecule has 3 nitrogen and oxygen atoms in total. The summed E-state index contributed by atoms with van der Waals surface area (Å²) in [5, 5.41) is 0. The van der Waals surface area contributed by atoms with Crippen molar-refractivity contribution in [2.24, 2.45) is 0 Å². The third-order valence-corrected chi connectivity index (χ3v) is 3.35. The van der Waals surface area contributed by atoms with Crippen molar-refractivity contribution in [3.05, 3.63) is 23.8 Å². The zero-order valence-electron chi connectivity index (χ0n) is 10.8. The van der Waals surface area contributed by atoms with Gasteiger partial charge in [-0.15, -0.1) is 0 Å². The lowest BCUT2D eigenvalue weighted by Gasteiger charge is -2.35. The Hall–Kier alpha value is -1.22. The number of nitrogens with zero attached hydrogens (tertiary/aromatic N) is 1. The van der Waals surface area contributed by atoms with Crippen molar-refractivity contribution in [1.82, 2.24) is 0 Å². The molecule has 1 aliphatic rings. The molecule has 0 radical (unpaired) electrons. The van der Waals surface area contributed by atoms with Gasteiger partial charge in [0.15, 0.2) is 0 Å². The summed E-state index contributed by atoms with van der Waals surface area (Å²) in [6.45, 7) is 7.09. The van der Waals surface area contributed by atoms with E-state index in [-0.39, 0.29) is 0 Å². The maximum atomic E-state index is 5.87. The Morgan fingerprint density at radius 2 is 2.29 bits per heavy atom. The third kappa shape index (κ3) is 2.91. The van der Waals surface area contributed by atoms with Gasteiger partial charge in [0, 0.05) is 31.1 Å². The fourth-order valence-electron chi connectivity index (χ4n) is 2.50. The predicted molar refractivity (Wildman–Crippen MR) is 72.5 cm³/mol. The van der Waals surface area contributed by atoms with Crippen molar-refractivity contribution in [3.8, 4) is 0 Å². The minimum absolute atomic E-state index is 0.370. The quantitative estimate of drug-likeness (QED) is 0.817. The minimum Gasteiger partial charge on any atom is -0.399 e. The molecule has 94 valence electrons. The summed E-state index contributed by atoms with van der Waals surface area (Å²) < 4.78 is 5.73. The van der Waals surface area contributed by atoms with Gasteiger partial charge < -0.3 is 15.4 Å². The van der Waals surface area contributed by atoms with Crippen LogP contribution in [0, 0.1) is 6.92 Å². The number of benzene rings is 1. The second-order valence-electron chi connectivity index (χ2n) is 4.71. The van der Waals surface area contributed by atoms with Crippen LogP contribution in [0.1, 0.15) is 25.3 Å². The van der Waals surface area contributed by atoms with Gasteiger partial charge in [-0.1, -0.05) is 6.07 Å². The predicted octanol–water partition coefficient (Wildman–Crippen LogP) is 2.58. The lowest BCUT2D eigenvalue weighted by atomic mass is 10.1. The van der Waals surface area contributed by atoms with Crippen LogP contribution >= 0.6 is 0 Å². The fraction of sp³-hybridized carbons (Fsp3) is 0.571. The molecule has 2 rings (SSSR count). The fourth-order valence-corrected chi connectivity index (χ4v) is 2.50. The smallest absolute Gasteiger partial charge is 0.0750 e. The van der Waals surface area contributed by atoms with Crippen molar-refractivity contribution in [1.29, 1.82) is 0 Å². The van der Waals surface area contributed by atoms with Gasteiger partial charge in [0.25, 0.3) is 0 Å². The van der Waals surface area contributed by atoms with Crippen LogP contribution in [0.5, 0.6) is 0 Å². The first-order valence-corrected chi connectivity index (χ1v) is 6.43. The molecule has 0 spiro atoms. The van der Waals surface area contributed by atoms with Gasteiger partial charge in [-0.05, 0) is 44.4 Å². The summed E-state index contributed by atoms with van der Waals surface area (Å²) in [6.07, 6.45) is 2.74. The molecule has 1 saturated heterocycles. The molecule has 0 aromatic heterocycles. The second-order valence-corrected chi connectivity index (χ2v) is 4.71. The third-order valence-electron chi connectivity index (χ3n) is 3.35. The zero-order valence-corrected chi connectivity index (χ0v) is 10.8. The number of anilines is 2. The molecule has 1 aromatic rings. The number of nitrogen functional groups attached to an aromatic ring is 1. The highest BCUT2D eigenvalue weighted by atomic mass is 16.5. The molecule has 1 fully saturated rings. The number of ether oxygens (including phenoxy) is 1. The average molecular weight is 234 g/mol. The summed E-state index contributed by atoms with van der Waals surface area (Å²) in [4.78, 5) is 2.40. The molecule has 1 aromatic carbocycles. The molecule has 0 aliphatic carbocycles. The van der Waals surface area contributed by atoms with Crippen molar-refractivity contribution < 1.29 is 4.74 Å². The van der Waals surface area contributed by atoms with Crippen LogP contribution in [0.15, 0.2) is 18.2 Å². The van der Waals surface area contributed by atoms with Crippen molar-refractivity contribution in [2.45, 2.75) is 32.8 Å². The Labute approximate surface area is 104 Å². The summed E-state index contributed by atoms with van der Waals surface area (Å²) in [6, 6.07) is 6.13. The van der Waals surface area contributed by atoms with Gasteiger partial charge in [0.2, 0.25) is 0 Å². The maximum Gasteiger partial charge on any atom is 0.0750 e. The van der Waals surface area contributed by atoms with Crippen LogP contribution in [-0.4, -0.2) is 25.8 Å². The molecule has 0 amide bonds. The van der Waals surface area contributed by atoms with E-state index in [1.54, 1.807) is 0 Å². The first kappa shape index (κ1) is 12.2. The first-order chi connectivity index (χ1) is 8.20. The number of aryl methyl sites for hydroxylation is 1. The van der Waals surface area contributed by atoms with Crippen LogP contribution in [0.25, 0.3) is 0 Å². The highest BCUT2D eigenvalue weighted by Crippen LogP contribution is 2.26. The summed E-state index contributed by atoms with van der Waals surface area (Å²) >= 11 is 0. The molecule has 1 heterocycles. The molecular weight excluding hydrogens is 212 g/mol. The number of rotatable bonds is 3. The normalized spacial score (nSPS) is 20.6. The molecule has 0 bridgehead atoms. The van der Waals surface area contributed by atoms with E-state index in [4.69, 9.17) is 10.5 Å². The lowest BCUT2D eigenvalue weighted by Crippen LogP contribution is -2.40. The molecule has 1 unspecified atom stereocenters. The van der Waals surface area contributed by atoms with E-state index in [1.165, 1.54) is 24.1 Å². The summed E-state index contributed by atoms with van der Waals surface area (Å²) in [5.74, 6) is 0. The highest BCUT2D eigenvalue weighted by molar-refractivity contribution is 5.61. The summed E-state index contributed by atoms with van der Waals surface area (Å²) in [7, 11) is 0. The van der Waals surface area contributed by atoms with Crippen LogP contribution in [0.4, 0.5) is 11.4 Å². The molecular formula is C14H22N2O. The Morgan fingerprint density at radius 3 is 3.06 bits per heavy atom. The van der Waals surface area contributed by atoms with E-state index in [0.717, 1.165) is 25.4 Å².